The highest BCUT2D eigenvalue weighted by Gasteiger charge is 2.54. The highest BCUT2D eigenvalue weighted by Crippen LogP contribution is 2.51. The van der Waals surface area contributed by atoms with Crippen molar-refractivity contribution in [2.75, 3.05) is 20.8 Å². The minimum absolute atomic E-state index is 0.0557. The Bertz CT molecular complexity index is 2580. The number of amides is 4. The molecule has 0 saturated carbocycles. The van der Waals surface area contributed by atoms with Crippen molar-refractivity contribution in [2.45, 2.75) is 102 Å². The highest BCUT2D eigenvalue weighted by atomic mass is 28.3. The van der Waals surface area contributed by atoms with Crippen LogP contribution in [0.4, 0.5) is 18.4 Å². The van der Waals surface area contributed by atoms with E-state index in [-0.39, 0.29) is 42.8 Å². The van der Waals surface area contributed by atoms with Gasteiger partial charge in [0.05, 0.1) is 55.8 Å². The number of hydrogen-bond acceptors (Lipinski definition) is 8. The van der Waals surface area contributed by atoms with Crippen LogP contribution in [0.5, 0.6) is 0 Å². The SMILES string of the molecule is COC(=O)N[C@H](C(=O)N1C[C@H](F)C[C@H]1c1nc2c(ccc3cc(-c4ccc(-c5cnc([C@@H]6CC7C[Si](C)(C)CC7N6C(=O)[C@@H](NC(=O)OC)C(C)C)[nH]5)cc4F)ccc32)[nH]1)C(C)C. The van der Waals surface area contributed by atoms with Crippen LogP contribution in [0.3, 0.4) is 0 Å². The Kier molecular flexibility index (Phi) is 11.8. The molecule has 14 nitrogen and oxygen atoms in total. The maximum absolute atomic E-state index is 16.1. The summed E-state index contributed by atoms with van der Waals surface area (Å²) in [6, 6.07) is 13.9. The largest absolute Gasteiger partial charge is 0.453 e. The zero-order valence-electron chi connectivity index (χ0n) is 36.9. The van der Waals surface area contributed by atoms with E-state index in [0.717, 1.165) is 29.3 Å². The van der Waals surface area contributed by atoms with Gasteiger partial charge in [-0.15, -0.1) is 0 Å². The van der Waals surface area contributed by atoms with Crippen molar-refractivity contribution in [2.24, 2.45) is 17.8 Å². The standard InChI is InChI=1S/C46H56F2N8O6Si/c1-23(2)38(53-45(59)61-5)43(57)55-20-29(47)18-35(55)42-50-33-14-11-26-15-25(9-13-31(26)40(33)52-42)30-12-10-27(16-32(30)48)34-19-49-41(51-34)36-17-28-21-63(7,8)22-37(28)56(36)44(58)39(24(3)4)54-46(60)62-6/h9-16,19,23-24,28-29,35-39H,17-18,20-22H2,1-8H3,(H,49,51)(H,50,52)(H,53,59)(H,54,60)/t28?,29-,35+,36+,37?,38+,39+/m1/s1. The third-order valence-corrected chi connectivity index (χ3v) is 16.4. The molecular formula is C46H56F2N8O6Si. The lowest BCUT2D eigenvalue weighted by atomic mass is 9.98. The van der Waals surface area contributed by atoms with Gasteiger partial charge in [0.2, 0.25) is 11.8 Å². The number of imidazole rings is 2. The normalized spacial score (nSPS) is 22.8. The second-order valence-corrected chi connectivity index (χ2v) is 24.0. The molecule has 0 spiro atoms. The maximum Gasteiger partial charge on any atom is 0.407 e. The van der Waals surface area contributed by atoms with Crippen molar-refractivity contribution in [3.05, 3.63) is 72.2 Å². The third-order valence-electron chi connectivity index (χ3n) is 13.2. The van der Waals surface area contributed by atoms with Crippen LogP contribution in [0.15, 0.2) is 54.7 Å². The fraction of sp³-hybridized carbons (Fsp3) is 0.478. The molecule has 4 amide bonds. The second-order valence-electron chi connectivity index (χ2n) is 18.8. The molecular weight excluding hydrogens is 827 g/mol. The minimum Gasteiger partial charge on any atom is -0.453 e. The number of aromatic amines is 2. The van der Waals surface area contributed by atoms with Gasteiger partial charge < -0.3 is 39.9 Å². The van der Waals surface area contributed by atoms with Crippen LogP contribution < -0.4 is 10.6 Å². The van der Waals surface area contributed by atoms with Gasteiger partial charge in [-0.25, -0.2) is 28.3 Å². The molecule has 5 aromatic rings. The summed E-state index contributed by atoms with van der Waals surface area (Å²) in [4.78, 5) is 72.1. The molecule has 3 aliphatic rings. The topological polar surface area (TPSA) is 175 Å². The average Bonchev–Trinajstić information content (AvgIpc) is 4.08. The molecule has 4 N–H and O–H groups in total. The van der Waals surface area contributed by atoms with E-state index in [2.05, 4.69) is 33.7 Å². The maximum atomic E-state index is 16.1. The summed E-state index contributed by atoms with van der Waals surface area (Å²) in [6.07, 6.45) is -0.161. The number of likely N-dealkylation sites (tertiary alicyclic amines) is 2. The summed E-state index contributed by atoms with van der Waals surface area (Å²) in [5.74, 6) is -0.0160. The fourth-order valence-electron chi connectivity index (χ4n) is 10.2. The Morgan fingerprint density at radius 1 is 0.825 bits per heavy atom. The summed E-state index contributed by atoms with van der Waals surface area (Å²) in [7, 11) is 0.995. The first-order valence-electron chi connectivity index (χ1n) is 21.7. The van der Waals surface area contributed by atoms with E-state index >= 15 is 4.39 Å². The first-order chi connectivity index (χ1) is 30.0. The lowest BCUT2D eigenvalue weighted by Crippen LogP contribution is -2.53. The number of nitrogens with zero attached hydrogens (tertiary/aromatic N) is 4. The molecule has 17 heteroatoms. The molecule has 5 heterocycles. The van der Waals surface area contributed by atoms with E-state index < -0.39 is 56.3 Å². The van der Waals surface area contributed by atoms with Crippen LogP contribution in [0, 0.1) is 23.6 Å². The quantitative estimate of drug-likeness (QED) is 0.101. The van der Waals surface area contributed by atoms with Crippen molar-refractivity contribution >= 4 is 53.9 Å². The van der Waals surface area contributed by atoms with Gasteiger partial charge >= 0.3 is 12.2 Å². The average molecular weight is 883 g/mol. The Morgan fingerprint density at radius 2 is 1.51 bits per heavy atom. The molecule has 3 aliphatic heterocycles. The predicted molar refractivity (Wildman–Crippen MR) is 237 cm³/mol. The van der Waals surface area contributed by atoms with Gasteiger partial charge in [0, 0.05) is 37.0 Å². The number of hydrogen-bond donors (Lipinski definition) is 4. The van der Waals surface area contributed by atoms with E-state index in [1.165, 1.54) is 25.2 Å². The predicted octanol–water partition coefficient (Wildman–Crippen LogP) is 8.27. The van der Waals surface area contributed by atoms with E-state index in [4.69, 9.17) is 19.4 Å². The van der Waals surface area contributed by atoms with Crippen molar-refractivity contribution in [3.63, 3.8) is 0 Å². The zero-order chi connectivity index (χ0) is 45.1. The number of alkyl halides is 1. The van der Waals surface area contributed by atoms with E-state index in [1.807, 2.05) is 55.1 Å². The van der Waals surface area contributed by atoms with Gasteiger partial charge in [-0.05, 0) is 59.4 Å². The number of ether oxygens (including phenoxy) is 2. The minimum atomic E-state index is -1.51. The number of fused-ring (bicyclic) bond motifs is 4. The number of halogens is 2. The lowest BCUT2D eigenvalue weighted by molar-refractivity contribution is -0.137. The lowest BCUT2D eigenvalue weighted by Gasteiger charge is -2.34. The molecule has 8 rings (SSSR count). The number of H-pyrrole nitrogens is 2. The smallest absolute Gasteiger partial charge is 0.407 e. The van der Waals surface area contributed by atoms with Crippen LogP contribution in [0.1, 0.15) is 64.3 Å². The van der Waals surface area contributed by atoms with Crippen LogP contribution in [-0.2, 0) is 19.1 Å². The van der Waals surface area contributed by atoms with Gasteiger partial charge in [0.25, 0.3) is 0 Å². The first kappa shape index (κ1) is 43.8. The molecule has 334 valence electrons. The van der Waals surface area contributed by atoms with Crippen molar-refractivity contribution in [1.82, 2.24) is 40.4 Å². The van der Waals surface area contributed by atoms with Crippen molar-refractivity contribution in [3.8, 4) is 22.4 Å². The monoisotopic (exact) mass is 882 g/mol. The van der Waals surface area contributed by atoms with Crippen LogP contribution in [-0.4, -0.2) is 107 Å². The summed E-state index contributed by atoms with van der Waals surface area (Å²) in [5, 5.41) is 6.97. The zero-order valence-corrected chi connectivity index (χ0v) is 37.9. The number of methoxy groups -OCH3 is 2. The van der Waals surface area contributed by atoms with Crippen LogP contribution in [0.25, 0.3) is 44.2 Å². The number of rotatable bonds is 10. The molecule has 2 unspecified atom stereocenters. The van der Waals surface area contributed by atoms with Crippen molar-refractivity contribution < 1.29 is 37.4 Å². The van der Waals surface area contributed by atoms with Gasteiger partial charge in [-0.3, -0.25) is 9.59 Å². The number of aromatic nitrogens is 4. The molecule has 0 radical (unpaired) electrons. The molecule has 3 fully saturated rings. The number of benzene rings is 3. The Morgan fingerprint density at radius 3 is 2.17 bits per heavy atom. The van der Waals surface area contributed by atoms with Crippen molar-refractivity contribution in [1.29, 1.82) is 0 Å². The summed E-state index contributed by atoms with van der Waals surface area (Å²) in [6.45, 7) is 12.0. The number of nitrogens with one attached hydrogen (secondary N) is 4. The molecule has 0 aliphatic carbocycles. The van der Waals surface area contributed by atoms with Gasteiger partial charge in [0.15, 0.2) is 0 Å². The molecule has 0 bridgehead atoms. The first-order valence-corrected chi connectivity index (χ1v) is 25.1. The number of alkyl carbamates (subject to hydrolysis) is 2. The second kappa shape index (κ2) is 17.0. The highest BCUT2D eigenvalue weighted by molar-refractivity contribution is 6.78. The summed E-state index contributed by atoms with van der Waals surface area (Å²) >= 11 is 0. The van der Waals surface area contributed by atoms with E-state index in [1.54, 1.807) is 26.1 Å². The van der Waals surface area contributed by atoms with Gasteiger partial charge in [-0.2, -0.15) is 0 Å². The summed E-state index contributed by atoms with van der Waals surface area (Å²) in [5.41, 5.74) is 3.64. The number of carbonyl (C=O) groups is 4. The molecule has 2 aromatic heterocycles. The Balaban J connectivity index is 1.03. The Hall–Kier alpha value is -5.84. The van der Waals surface area contributed by atoms with Crippen LogP contribution in [0.2, 0.25) is 25.2 Å². The molecule has 7 atom stereocenters. The van der Waals surface area contributed by atoms with Crippen LogP contribution >= 0.6 is 0 Å². The summed E-state index contributed by atoms with van der Waals surface area (Å²) < 4.78 is 40.7. The molecule has 3 saturated heterocycles. The van der Waals surface area contributed by atoms with E-state index in [9.17, 15) is 23.6 Å². The Labute approximate surface area is 365 Å². The van der Waals surface area contributed by atoms with Gasteiger partial charge in [-0.1, -0.05) is 77.2 Å². The van der Waals surface area contributed by atoms with Gasteiger partial charge in [0.1, 0.15) is 35.7 Å². The van der Waals surface area contributed by atoms with E-state index in [0.29, 0.717) is 51.0 Å². The molecule has 63 heavy (non-hydrogen) atoms. The third kappa shape index (κ3) is 8.38. The fourth-order valence-corrected chi connectivity index (χ4v) is 13.8. The number of carbonyl (C=O) groups excluding carboxylic acids is 4. The molecule has 3 aromatic carbocycles.